The van der Waals surface area contributed by atoms with Gasteiger partial charge in [-0.1, -0.05) is 0 Å². The number of rotatable bonds is 4. The smallest absolute Gasteiger partial charge is 0.338 e. The van der Waals surface area contributed by atoms with E-state index < -0.39 is 0 Å². The summed E-state index contributed by atoms with van der Waals surface area (Å²) in [4.78, 5) is 12.2. The molecule has 1 aliphatic rings. The summed E-state index contributed by atoms with van der Waals surface area (Å²) in [5.74, 6) is -0.343. The van der Waals surface area contributed by atoms with E-state index >= 15 is 0 Å². The van der Waals surface area contributed by atoms with Crippen LogP contribution in [0.25, 0.3) is 11.1 Å². The van der Waals surface area contributed by atoms with Crippen molar-refractivity contribution in [1.29, 1.82) is 0 Å². The lowest BCUT2D eigenvalue weighted by Crippen LogP contribution is -2.17. The molecule has 0 unspecified atom stereocenters. The molecule has 1 fully saturated rings. The number of carbonyl (C=O) groups excluding carboxylic acids is 1. The maximum atomic E-state index is 12.2. The predicted molar refractivity (Wildman–Crippen MR) is 85.7 cm³/mol. The fraction of sp³-hybridized carbons (Fsp3) is 0.412. The van der Waals surface area contributed by atoms with Crippen molar-refractivity contribution in [3.8, 4) is 11.1 Å². The fourth-order valence-corrected chi connectivity index (χ4v) is 2.89. The number of anilines is 1. The van der Waals surface area contributed by atoms with E-state index in [2.05, 4.69) is 5.10 Å². The lowest BCUT2D eigenvalue weighted by Gasteiger charge is -2.25. The molecule has 22 heavy (non-hydrogen) atoms. The highest BCUT2D eigenvalue weighted by Gasteiger charge is 2.22. The Morgan fingerprint density at radius 1 is 1.45 bits per heavy atom. The molecule has 116 valence electrons. The number of hydrogen-bond donors (Lipinski definition) is 1. The van der Waals surface area contributed by atoms with Gasteiger partial charge in [0, 0.05) is 23.0 Å². The van der Waals surface area contributed by atoms with E-state index in [9.17, 15) is 4.79 Å². The normalized spacial score (nSPS) is 14.6. The van der Waals surface area contributed by atoms with Crippen molar-refractivity contribution in [2.24, 2.45) is 0 Å². The molecule has 2 aromatic rings. The number of nitrogen functional groups attached to an aromatic ring is 1. The van der Waals surface area contributed by atoms with Gasteiger partial charge in [-0.25, -0.2) is 4.79 Å². The van der Waals surface area contributed by atoms with Crippen molar-refractivity contribution in [3.05, 3.63) is 35.7 Å². The summed E-state index contributed by atoms with van der Waals surface area (Å²) in [7, 11) is 0. The van der Waals surface area contributed by atoms with Crippen molar-refractivity contribution in [2.75, 3.05) is 12.3 Å². The molecule has 1 heterocycles. The van der Waals surface area contributed by atoms with Gasteiger partial charge in [-0.05, 0) is 50.8 Å². The van der Waals surface area contributed by atoms with Crippen molar-refractivity contribution in [2.45, 2.75) is 39.2 Å². The van der Waals surface area contributed by atoms with E-state index in [1.165, 1.54) is 19.3 Å². The Bertz CT molecular complexity index is 702. The third-order valence-corrected chi connectivity index (χ3v) is 4.19. The van der Waals surface area contributed by atoms with Crippen LogP contribution in [0.2, 0.25) is 0 Å². The molecule has 0 atom stereocenters. The standard InChI is InChI=1S/C17H21N3O2/c1-3-22-17(21)15-8-13(18)7-11(2)16(15)12-9-19-20(10-12)14-5-4-6-14/h7-10,14H,3-6,18H2,1-2H3. The third kappa shape index (κ3) is 2.58. The number of carbonyl (C=O) groups is 1. The largest absolute Gasteiger partial charge is 0.462 e. The van der Waals surface area contributed by atoms with Crippen LogP contribution in [0.1, 0.15) is 48.1 Å². The minimum Gasteiger partial charge on any atom is -0.462 e. The monoisotopic (exact) mass is 299 g/mol. The Balaban J connectivity index is 2.04. The Labute approximate surface area is 130 Å². The van der Waals surface area contributed by atoms with E-state index in [0.29, 0.717) is 23.9 Å². The van der Waals surface area contributed by atoms with Crippen molar-refractivity contribution in [3.63, 3.8) is 0 Å². The minimum atomic E-state index is -0.343. The second kappa shape index (κ2) is 5.83. The molecule has 1 saturated carbocycles. The fourth-order valence-electron chi connectivity index (χ4n) is 2.89. The zero-order valence-electron chi connectivity index (χ0n) is 13.0. The number of benzene rings is 1. The van der Waals surface area contributed by atoms with Gasteiger partial charge in [-0.15, -0.1) is 0 Å². The summed E-state index contributed by atoms with van der Waals surface area (Å²) in [6.45, 7) is 4.09. The predicted octanol–water partition coefficient (Wildman–Crippen LogP) is 3.34. The molecule has 1 aromatic heterocycles. The molecule has 0 saturated heterocycles. The molecule has 0 spiro atoms. The van der Waals surface area contributed by atoms with Gasteiger partial charge in [0.15, 0.2) is 0 Å². The minimum absolute atomic E-state index is 0.341. The summed E-state index contributed by atoms with van der Waals surface area (Å²) in [5, 5.41) is 4.46. The maximum absolute atomic E-state index is 12.2. The molecular formula is C17H21N3O2. The molecule has 0 aliphatic heterocycles. The molecule has 3 rings (SSSR count). The summed E-state index contributed by atoms with van der Waals surface area (Å²) in [5.41, 5.74) is 9.72. The molecule has 1 aromatic carbocycles. The Morgan fingerprint density at radius 2 is 2.23 bits per heavy atom. The van der Waals surface area contributed by atoms with Gasteiger partial charge in [0.05, 0.1) is 24.4 Å². The zero-order chi connectivity index (χ0) is 15.7. The Kier molecular flexibility index (Phi) is 3.88. The zero-order valence-corrected chi connectivity index (χ0v) is 13.0. The summed E-state index contributed by atoms with van der Waals surface area (Å²) < 4.78 is 7.17. The van der Waals surface area contributed by atoms with Crippen LogP contribution >= 0.6 is 0 Å². The van der Waals surface area contributed by atoms with Gasteiger partial charge >= 0.3 is 5.97 Å². The van der Waals surface area contributed by atoms with Crippen LogP contribution in [0.3, 0.4) is 0 Å². The van der Waals surface area contributed by atoms with E-state index in [0.717, 1.165) is 16.7 Å². The van der Waals surface area contributed by atoms with Crippen LogP contribution in [0.15, 0.2) is 24.5 Å². The highest BCUT2D eigenvalue weighted by atomic mass is 16.5. The molecule has 0 amide bonds. The number of nitrogens with two attached hydrogens (primary N) is 1. The molecule has 2 N–H and O–H groups in total. The first-order valence-electron chi connectivity index (χ1n) is 7.72. The first kappa shape index (κ1) is 14.6. The molecule has 0 radical (unpaired) electrons. The third-order valence-electron chi connectivity index (χ3n) is 4.19. The van der Waals surface area contributed by atoms with E-state index in [4.69, 9.17) is 10.5 Å². The molecule has 5 nitrogen and oxygen atoms in total. The highest BCUT2D eigenvalue weighted by Crippen LogP contribution is 2.34. The SMILES string of the molecule is CCOC(=O)c1cc(N)cc(C)c1-c1cnn(C2CCC2)c1. The van der Waals surface area contributed by atoms with Gasteiger partial charge in [-0.2, -0.15) is 5.10 Å². The van der Waals surface area contributed by atoms with Crippen molar-refractivity contribution < 1.29 is 9.53 Å². The van der Waals surface area contributed by atoms with Crippen LogP contribution < -0.4 is 5.73 Å². The lowest BCUT2D eigenvalue weighted by atomic mass is 9.93. The first-order chi connectivity index (χ1) is 10.6. The second-order valence-electron chi connectivity index (χ2n) is 5.77. The van der Waals surface area contributed by atoms with Gasteiger partial charge in [0.1, 0.15) is 0 Å². The number of aryl methyl sites for hydroxylation is 1. The first-order valence-corrected chi connectivity index (χ1v) is 7.72. The summed E-state index contributed by atoms with van der Waals surface area (Å²) in [6, 6.07) is 4.05. The Morgan fingerprint density at radius 3 is 2.86 bits per heavy atom. The van der Waals surface area contributed by atoms with Gasteiger partial charge < -0.3 is 10.5 Å². The second-order valence-corrected chi connectivity index (χ2v) is 5.77. The van der Waals surface area contributed by atoms with Crippen LogP contribution in [-0.2, 0) is 4.74 Å². The van der Waals surface area contributed by atoms with Crippen molar-refractivity contribution in [1.82, 2.24) is 9.78 Å². The Hall–Kier alpha value is -2.30. The number of hydrogen-bond acceptors (Lipinski definition) is 4. The highest BCUT2D eigenvalue weighted by molar-refractivity contribution is 5.99. The van der Waals surface area contributed by atoms with E-state index in [1.807, 2.05) is 30.1 Å². The summed E-state index contributed by atoms with van der Waals surface area (Å²) in [6.07, 6.45) is 7.44. The number of esters is 1. The van der Waals surface area contributed by atoms with Crippen LogP contribution in [0, 0.1) is 6.92 Å². The van der Waals surface area contributed by atoms with E-state index in [-0.39, 0.29) is 5.97 Å². The molecule has 1 aliphatic carbocycles. The van der Waals surface area contributed by atoms with Gasteiger partial charge in [0.2, 0.25) is 0 Å². The average Bonchev–Trinajstić information content (AvgIpc) is 2.85. The van der Waals surface area contributed by atoms with Crippen molar-refractivity contribution >= 4 is 11.7 Å². The van der Waals surface area contributed by atoms with Crippen LogP contribution in [0.4, 0.5) is 5.69 Å². The number of aromatic nitrogens is 2. The quantitative estimate of drug-likeness (QED) is 0.694. The topological polar surface area (TPSA) is 70.1 Å². The van der Waals surface area contributed by atoms with Crippen LogP contribution in [-0.4, -0.2) is 22.4 Å². The molecule has 0 bridgehead atoms. The van der Waals surface area contributed by atoms with Gasteiger partial charge in [-0.3, -0.25) is 4.68 Å². The van der Waals surface area contributed by atoms with Crippen LogP contribution in [0.5, 0.6) is 0 Å². The molecular weight excluding hydrogens is 278 g/mol. The van der Waals surface area contributed by atoms with E-state index in [1.54, 1.807) is 13.0 Å². The molecule has 5 heteroatoms. The maximum Gasteiger partial charge on any atom is 0.338 e. The number of ether oxygens (including phenoxy) is 1. The summed E-state index contributed by atoms with van der Waals surface area (Å²) >= 11 is 0. The number of nitrogens with zero attached hydrogens (tertiary/aromatic N) is 2. The average molecular weight is 299 g/mol. The van der Waals surface area contributed by atoms with Gasteiger partial charge in [0.25, 0.3) is 0 Å². The lowest BCUT2D eigenvalue weighted by molar-refractivity contribution is 0.0527.